The molecule has 0 bridgehead atoms. The molecule has 0 aromatic heterocycles. The Kier molecular flexibility index (Phi) is 6.11. The molecule has 0 unspecified atom stereocenters. The quantitative estimate of drug-likeness (QED) is 0.571. The molecule has 2 fully saturated rings. The second-order valence-electron chi connectivity index (χ2n) is 7.67. The van der Waals surface area contributed by atoms with Crippen LogP contribution in [-0.2, 0) is 10.0 Å². The van der Waals surface area contributed by atoms with Crippen LogP contribution in [0.4, 0.5) is 0 Å². The third kappa shape index (κ3) is 4.29. The fourth-order valence-corrected chi connectivity index (χ4v) is 5.19. The molecular formula is C20H32N4O2S. The van der Waals surface area contributed by atoms with Crippen LogP contribution in [0.5, 0.6) is 0 Å². The van der Waals surface area contributed by atoms with Crippen molar-refractivity contribution in [3.8, 4) is 0 Å². The molecule has 1 aromatic rings. The van der Waals surface area contributed by atoms with E-state index < -0.39 is 10.0 Å². The zero-order valence-corrected chi connectivity index (χ0v) is 17.7. The Labute approximate surface area is 163 Å². The molecule has 27 heavy (non-hydrogen) atoms. The number of hydrogen-bond donors (Lipinski definition) is 0. The summed E-state index contributed by atoms with van der Waals surface area (Å²) in [5.74, 6) is 0.931. The first-order valence-electron chi connectivity index (χ1n) is 9.97. The third-order valence-electron chi connectivity index (χ3n) is 5.51. The Balaban J connectivity index is 1.78. The minimum atomic E-state index is -3.62. The largest absolute Gasteiger partial charge is 0.339 e. The summed E-state index contributed by atoms with van der Waals surface area (Å²) in [6, 6.07) is 7.99. The first-order valence-corrected chi connectivity index (χ1v) is 11.4. The summed E-state index contributed by atoms with van der Waals surface area (Å²) in [5, 5.41) is 0. The number of nitrogens with zero attached hydrogens (tertiary/aromatic N) is 4. The van der Waals surface area contributed by atoms with E-state index in [4.69, 9.17) is 0 Å². The molecule has 1 saturated heterocycles. The maximum Gasteiger partial charge on any atom is 0.266 e. The fourth-order valence-electron chi connectivity index (χ4n) is 3.71. The van der Waals surface area contributed by atoms with Crippen molar-refractivity contribution in [2.45, 2.75) is 50.5 Å². The van der Waals surface area contributed by atoms with Gasteiger partial charge < -0.3 is 4.90 Å². The molecule has 0 atom stereocenters. The van der Waals surface area contributed by atoms with Gasteiger partial charge in [0, 0.05) is 45.8 Å². The minimum Gasteiger partial charge on any atom is -0.339 e. The summed E-state index contributed by atoms with van der Waals surface area (Å²) in [6.07, 6.45) is 2.60. The topological polar surface area (TPSA) is 56.2 Å². The van der Waals surface area contributed by atoms with Crippen molar-refractivity contribution in [2.75, 3.05) is 39.8 Å². The predicted molar refractivity (Wildman–Crippen MR) is 110 cm³/mol. The number of sulfonamides is 1. The lowest BCUT2D eigenvalue weighted by molar-refractivity contribution is 0.167. The van der Waals surface area contributed by atoms with Crippen LogP contribution < -0.4 is 0 Å². The van der Waals surface area contributed by atoms with Crippen LogP contribution in [0, 0.1) is 0 Å². The van der Waals surface area contributed by atoms with E-state index >= 15 is 0 Å². The second kappa shape index (κ2) is 8.19. The van der Waals surface area contributed by atoms with E-state index in [-0.39, 0.29) is 0 Å². The van der Waals surface area contributed by atoms with E-state index in [1.165, 1.54) is 17.1 Å². The molecule has 1 aliphatic carbocycles. The predicted octanol–water partition coefficient (Wildman–Crippen LogP) is 2.59. The summed E-state index contributed by atoms with van der Waals surface area (Å²) in [7, 11) is -1.94. The highest BCUT2D eigenvalue weighted by atomic mass is 32.2. The average Bonchev–Trinajstić information content (AvgIpc) is 3.51. The lowest BCUT2D eigenvalue weighted by atomic mass is 10.0. The normalized spacial score (nSPS) is 19.6. The molecule has 150 valence electrons. The van der Waals surface area contributed by atoms with Gasteiger partial charge in [-0.15, -0.1) is 0 Å². The maximum atomic E-state index is 13.3. The van der Waals surface area contributed by atoms with Crippen molar-refractivity contribution in [1.29, 1.82) is 0 Å². The van der Waals surface area contributed by atoms with E-state index in [0.29, 0.717) is 23.3 Å². The highest BCUT2D eigenvalue weighted by Gasteiger charge is 2.35. The fraction of sp³-hybridized carbons (Fsp3) is 0.650. The van der Waals surface area contributed by atoms with Gasteiger partial charge in [0.2, 0.25) is 5.96 Å². The van der Waals surface area contributed by atoms with Crippen molar-refractivity contribution in [3.05, 3.63) is 29.8 Å². The van der Waals surface area contributed by atoms with E-state index in [1.807, 2.05) is 19.1 Å². The van der Waals surface area contributed by atoms with Crippen LogP contribution in [0.15, 0.2) is 34.2 Å². The van der Waals surface area contributed by atoms with E-state index in [0.717, 1.165) is 37.8 Å². The molecule has 1 saturated carbocycles. The van der Waals surface area contributed by atoms with Crippen molar-refractivity contribution < 1.29 is 8.42 Å². The molecule has 0 radical (unpaired) electrons. The van der Waals surface area contributed by atoms with Crippen LogP contribution in [0.25, 0.3) is 0 Å². The number of benzene rings is 1. The van der Waals surface area contributed by atoms with Crippen LogP contribution >= 0.6 is 0 Å². The lowest BCUT2D eigenvalue weighted by Crippen LogP contribution is -2.55. The molecule has 1 heterocycles. The van der Waals surface area contributed by atoms with Gasteiger partial charge in [-0.05, 0) is 43.4 Å². The standard InChI is InChI=1S/C20H32N4O2S/c1-5-24(27(25,26)19-10-6-17(7-11-19)16(2)3)20(21-4)23-14-12-22(13-15-23)18-8-9-18/h6-7,10-11,16,18H,5,8-9,12-15H2,1-4H3. The monoisotopic (exact) mass is 392 g/mol. The molecule has 6 nitrogen and oxygen atoms in total. The molecule has 0 N–H and O–H groups in total. The van der Waals surface area contributed by atoms with Gasteiger partial charge in [-0.3, -0.25) is 9.89 Å². The zero-order valence-electron chi connectivity index (χ0n) is 16.9. The van der Waals surface area contributed by atoms with Gasteiger partial charge in [-0.1, -0.05) is 26.0 Å². The number of piperazine rings is 1. The van der Waals surface area contributed by atoms with Gasteiger partial charge in [0.1, 0.15) is 0 Å². The summed E-state index contributed by atoms with van der Waals surface area (Å²) in [5.41, 5.74) is 1.14. The SMILES string of the molecule is CCN(C(=NC)N1CCN(C2CC2)CC1)S(=O)(=O)c1ccc(C(C)C)cc1. The van der Waals surface area contributed by atoms with Crippen LogP contribution in [0.3, 0.4) is 0 Å². The Hall–Kier alpha value is -1.60. The molecule has 7 heteroatoms. The van der Waals surface area contributed by atoms with Gasteiger partial charge in [0.05, 0.1) is 4.90 Å². The number of hydrogen-bond acceptors (Lipinski definition) is 4. The molecule has 0 amide bonds. The zero-order chi connectivity index (χ0) is 19.6. The van der Waals surface area contributed by atoms with E-state index in [9.17, 15) is 8.42 Å². The molecule has 0 spiro atoms. The van der Waals surface area contributed by atoms with Gasteiger partial charge in [0.15, 0.2) is 0 Å². The highest BCUT2D eigenvalue weighted by molar-refractivity contribution is 7.89. The Morgan fingerprint density at radius 3 is 2.19 bits per heavy atom. The van der Waals surface area contributed by atoms with Gasteiger partial charge in [-0.25, -0.2) is 12.7 Å². The highest BCUT2D eigenvalue weighted by Crippen LogP contribution is 2.28. The molecule has 2 aliphatic rings. The number of guanidine groups is 1. The van der Waals surface area contributed by atoms with Gasteiger partial charge in [0.25, 0.3) is 10.0 Å². The average molecular weight is 393 g/mol. The van der Waals surface area contributed by atoms with E-state index in [1.54, 1.807) is 19.2 Å². The van der Waals surface area contributed by atoms with Gasteiger partial charge >= 0.3 is 0 Å². The van der Waals surface area contributed by atoms with Crippen molar-refractivity contribution in [3.63, 3.8) is 0 Å². The molecule has 1 aromatic carbocycles. The first-order chi connectivity index (χ1) is 12.9. The van der Waals surface area contributed by atoms with Crippen LogP contribution in [0.1, 0.15) is 45.1 Å². The summed E-state index contributed by atoms with van der Waals surface area (Å²) < 4.78 is 28.0. The van der Waals surface area contributed by atoms with Crippen molar-refractivity contribution in [1.82, 2.24) is 14.1 Å². The minimum absolute atomic E-state index is 0.325. The Morgan fingerprint density at radius 1 is 1.15 bits per heavy atom. The smallest absolute Gasteiger partial charge is 0.266 e. The molecule has 1 aliphatic heterocycles. The van der Waals surface area contributed by atoms with Crippen LogP contribution in [-0.4, -0.2) is 74.3 Å². The lowest BCUT2D eigenvalue weighted by Gasteiger charge is -2.39. The number of aliphatic imine (C=N–C) groups is 1. The van der Waals surface area contributed by atoms with E-state index in [2.05, 4.69) is 28.6 Å². The second-order valence-corrected chi connectivity index (χ2v) is 9.53. The maximum absolute atomic E-state index is 13.3. The summed E-state index contributed by atoms with van der Waals surface area (Å²) >= 11 is 0. The van der Waals surface area contributed by atoms with Crippen molar-refractivity contribution >= 4 is 16.0 Å². The molecular weight excluding hydrogens is 360 g/mol. The third-order valence-corrected chi connectivity index (χ3v) is 7.38. The Morgan fingerprint density at radius 2 is 1.74 bits per heavy atom. The number of rotatable bonds is 5. The van der Waals surface area contributed by atoms with Crippen molar-refractivity contribution in [2.24, 2.45) is 4.99 Å². The van der Waals surface area contributed by atoms with Crippen LogP contribution in [0.2, 0.25) is 0 Å². The first kappa shape index (κ1) is 20.1. The summed E-state index contributed by atoms with van der Waals surface area (Å²) in [6.45, 7) is 10.0. The molecule has 3 rings (SSSR count). The Bertz CT molecular complexity index is 762. The summed E-state index contributed by atoms with van der Waals surface area (Å²) in [4.78, 5) is 9.33. The van der Waals surface area contributed by atoms with Gasteiger partial charge in [-0.2, -0.15) is 0 Å².